The fraction of sp³-hybridized carbons (Fsp3) is 0.571. The van der Waals surface area contributed by atoms with Crippen LogP contribution in [0.15, 0.2) is 24.3 Å². The molecule has 0 saturated carbocycles. The minimum Gasteiger partial charge on any atom is -0.310 e. The molecule has 1 rings (SSSR count). The van der Waals surface area contributed by atoms with Crippen molar-refractivity contribution in [1.29, 1.82) is 0 Å². The SMILES string of the molecule is CC(NCCC(C)S(C)=O)c1ccc(C(F)(F)F)cc1. The maximum atomic E-state index is 12.4. The molecule has 1 aromatic rings. The molecule has 6 heteroatoms. The molecule has 3 unspecified atom stereocenters. The van der Waals surface area contributed by atoms with Crippen molar-refractivity contribution in [3.63, 3.8) is 0 Å². The summed E-state index contributed by atoms with van der Waals surface area (Å²) in [5.74, 6) is 0. The van der Waals surface area contributed by atoms with Gasteiger partial charge in [0.1, 0.15) is 0 Å². The van der Waals surface area contributed by atoms with Crippen LogP contribution in [0.5, 0.6) is 0 Å². The summed E-state index contributed by atoms with van der Waals surface area (Å²) in [6.07, 6.45) is -1.85. The Bertz CT molecular complexity index is 445. The highest BCUT2D eigenvalue weighted by Crippen LogP contribution is 2.29. The first-order chi connectivity index (χ1) is 9.21. The summed E-state index contributed by atoms with van der Waals surface area (Å²) in [6, 6.07) is 5.13. The number of nitrogens with one attached hydrogen (secondary N) is 1. The molecule has 0 spiro atoms. The van der Waals surface area contributed by atoms with E-state index in [4.69, 9.17) is 0 Å². The van der Waals surface area contributed by atoms with Crippen molar-refractivity contribution in [1.82, 2.24) is 5.32 Å². The van der Waals surface area contributed by atoms with Gasteiger partial charge >= 0.3 is 6.18 Å². The Morgan fingerprint density at radius 1 is 1.20 bits per heavy atom. The third-order valence-electron chi connectivity index (χ3n) is 3.31. The van der Waals surface area contributed by atoms with E-state index in [0.717, 1.165) is 24.1 Å². The first-order valence-electron chi connectivity index (χ1n) is 6.44. The van der Waals surface area contributed by atoms with Gasteiger partial charge in [0.2, 0.25) is 0 Å². The average molecular weight is 307 g/mol. The van der Waals surface area contributed by atoms with Crippen molar-refractivity contribution in [3.8, 4) is 0 Å². The van der Waals surface area contributed by atoms with Gasteiger partial charge in [0.15, 0.2) is 0 Å². The molecular weight excluding hydrogens is 287 g/mol. The lowest BCUT2D eigenvalue weighted by molar-refractivity contribution is -0.137. The van der Waals surface area contributed by atoms with Crippen LogP contribution in [0.1, 0.15) is 37.4 Å². The van der Waals surface area contributed by atoms with Gasteiger partial charge in [0.25, 0.3) is 0 Å². The summed E-state index contributed by atoms with van der Waals surface area (Å²) in [7, 11) is -0.848. The lowest BCUT2D eigenvalue weighted by Gasteiger charge is -2.16. The van der Waals surface area contributed by atoms with Crippen LogP contribution in [0.25, 0.3) is 0 Å². The molecule has 0 aliphatic rings. The van der Waals surface area contributed by atoms with Crippen LogP contribution >= 0.6 is 0 Å². The first-order valence-corrected chi connectivity index (χ1v) is 8.06. The van der Waals surface area contributed by atoms with Crippen LogP contribution < -0.4 is 5.32 Å². The van der Waals surface area contributed by atoms with Gasteiger partial charge in [-0.25, -0.2) is 0 Å². The van der Waals surface area contributed by atoms with Gasteiger partial charge in [0.05, 0.1) is 5.56 Å². The molecule has 0 amide bonds. The Hall–Kier alpha value is -0.880. The molecular formula is C14H20F3NOS. The van der Waals surface area contributed by atoms with Crippen molar-refractivity contribution >= 4 is 10.8 Å². The second-order valence-corrected chi connectivity index (χ2v) is 6.70. The molecule has 2 nitrogen and oxygen atoms in total. The molecule has 20 heavy (non-hydrogen) atoms. The van der Waals surface area contributed by atoms with Crippen molar-refractivity contribution in [3.05, 3.63) is 35.4 Å². The van der Waals surface area contributed by atoms with E-state index < -0.39 is 22.5 Å². The molecule has 0 heterocycles. The van der Waals surface area contributed by atoms with E-state index in [1.165, 1.54) is 12.1 Å². The van der Waals surface area contributed by atoms with Crippen molar-refractivity contribution in [2.75, 3.05) is 12.8 Å². The lowest BCUT2D eigenvalue weighted by Crippen LogP contribution is -2.24. The molecule has 1 N–H and O–H groups in total. The van der Waals surface area contributed by atoms with Crippen LogP contribution in [0.4, 0.5) is 13.2 Å². The van der Waals surface area contributed by atoms with E-state index in [0.29, 0.717) is 6.54 Å². The largest absolute Gasteiger partial charge is 0.416 e. The van der Waals surface area contributed by atoms with Gasteiger partial charge < -0.3 is 5.32 Å². The fourth-order valence-corrected chi connectivity index (χ4v) is 2.20. The summed E-state index contributed by atoms with van der Waals surface area (Å²) >= 11 is 0. The van der Waals surface area contributed by atoms with Crippen molar-refractivity contribution < 1.29 is 17.4 Å². The predicted octanol–water partition coefficient (Wildman–Crippen LogP) is 3.51. The maximum Gasteiger partial charge on any atom is 0.416 e. The summed E-state index contributed by atoms with van der Waals surface area (Å²) < 4.78 is 48.5. The molecule has 0 aliphatic heterocycles. The molecule has 0 saturated heterocycles. The Morgan fingerprint density at radius 2 is 1.75 bits per heavy atom. The number of halogens is 3. The molecule has 0 aromatic heterocycles. The van der Waals surface area contributed by atoms with Crippen LogP contribution in [0.2, 0.25) is 0 Å². The summed E-state index contributed by atoms with van der Waals surface area (Å²) in [5, 5.41) is 3.34. The Labute approximate surface area is 120 Å². The van der Waals surface area contributed by atoms with Crippen LogP contribution in [0.3, 0.4) is 0 Å². The number of benzene rings is 1. The molecule has 0 aliphatic carbocycles. The molecule has 1 aromatic carbocycles. The highest BCUT2D eigenvalue weighted by Gasteiger charge is 2.30. The first kappa shape index (κ1) is 17.2. The van der Waals surface area contributed by atoms with E-state index in [-0.39, 0.29) is 11.3 Å². The monoisotopic (exact) mass is 307 g/mol. The van der Waals surface area contributed by atoms with E-state index in [2.05, 4.69) is 5.32 Å². The summed E-state index contributed by atoms with van der Waals surface area (Å²) in [4.78, 5) is 0. The van der Waals surface area contributed by atoms with E-state index >= 15 is 0 Å². The van der Waals surface area contributed by atoms with Crippen molar-refractivity contribution in [2.45, 2.75) is 37.7 Å². The molecule has 114 valence electrons. The zero-order valence-electron chi connectivity index (χ0n) is 11.8. The highest BCUT2D eigenvalue weighted by atomic mass is 32.2. The van der Waals surface area contributed by atoms with Gasteiger partial charge in [-0.15, -0.1) is 0 Å². The number of alkyl halides is 3. The topological polar surface area (TPSA) is 29.1 Å². The number of hydrogen-bond acceptors (Lipinski definition) is 2. The van der Waals surface area contributed by atoms with Gasteiger partial charge in [-0.05, 0) is 37.6 Å². The second kappa shape index (κ2) is 7.22. The summed E-state index contributed by atoms with van der Waals surface area (Å²) in [5.41, 5.74) is 0.173. The smallest absolute Gasteiger partial charge is 0.310 e. The standard InChI is InChI=1S/C14H20F3NOS/c1-10(20(3)19)8-9-18-11(2)12-4-6-13(7-5-12)14(15,16)17/h4-7,10-11,18H,8-9H2,1-3H3. The fourth-order valence-electron chi connectivity index (χ4n) is 1.75. The van der Waals surface area contributed by atoms with Crippen LogP contribution in [0, 0.1) is 0 Å². The van der Waals surface area contributed by atoms with Gasteiger partial charge in [-0.3, -0.25) is 4.21 Å². The third-order valence-corrected chi connectivity index (χ3v) is 4.68. The second-order valence-electron chi connectivity index (χ2n) is 4.89. The molecule has 0 radical (unpaired) electrons. The summed E-state index contributed by atoms with van der Waals surface area (Å²) in [6.45, 7) is 4.50. The Balaban J connectivity index is 2.52. The molecule has 0 bridgehead atoms. The Kier molecular flexibility index (Phi) is 6.20. The highest BCUT2D eigenvalue weighted by molar-refractivity contribution is 7.84. The predicted molar refractivity (Wildman–Crippen MR) is 76.0 cm³/mol. The average Bonchev–Trinajstić information content (AvgIpc) is 2.37. The maximum absolute atomic E-state index is 12.4. The van der Waals surface area contributed by atoms with Crippen LogP contribution in [-0.2, 0) is 17.0 Å². The van der Waals surface area contributed by atoms with Gasteiger partial charge in [-0.2, -0.15) is 13.2 Å². The zero-order valence-corrected chi connectivity index (χ0v) is 12.6. The van der Waals surface area contributed by atoms with Crippen LogP contribution in [-0.4, -0.2) is 22.3 Å². The van der Waals surface area contributed by atoms with E-state index in [9.17, 15) is 17.4 Å². The van der Waals surface area contributed by atoms with Gasteiger partial charge in [0, 0.05) is 28.3 Å². The van der Waals surface area contributed by atoms with Gasteiger partial charge in [-0.1, -0.05) is 19.1 Å². The Morgan fingerprint density at radius 3 is 2.20 bits per heavy atom. The third kappa shape index (κ3) is 5.25. The van der Waals surface area contributed by atoms with Crippen molar-refractivity contribution in [2.24, 2.45) is 0 Å². The quantitative estimate of drug-likeness (QED) is 0.871. The molecule has 0 fully saturated rings. The minimum absolute atomic E-state index is 0.0326. The molecule has 3 atom stereocenters. The minimum atomic E-state index is -4.30. The van der Waals surface area contributed by atoms with E-state index in [1.807, 2.05) is 13.8 Å². The number of rotatable bonds is 6. The normalized spacial score (nSPS) is 16.7. The lowest BCUT2D eigenvalue weighted by atomic mass is 10.1. The van der Waals surface area contributed by atoms with E-state index in [1.54, 1.807) is 6.26 Å². The number of hydrogen-bond donors (Lipinski definition) is 1. The zero-order chi connectivity index (χ0) is 15.3.